The van der Waals surface area contributed by atoms with Gasteiger partial charge in [-0.05, 0) is 44.2 Å². The Morgan fingerprint density at radius 3 is 2.54 bits per heavy atom. The normalized spacial score (nSPS) is 19.6. The third-order valence-corrected chi connectivity index (χ3v) is 7.81. The molecule has 3 aromatic heterocycles. The first kappa shape index (κ1) is 27.4. The highest BCUT2D eigenvalue weighted by atomic mass is 16.5. The molecule has 1 aromatic carbocycles. The third-order valence-electron chi connectivity index (χ3n) is 7.81. The van der Waals surface area contributed by atoms with Crippen LogP contribution in [-0.2, 0) is 22.4 Å². The van der Waals surface area contributed by atoms with Gasteiger partial charge in [0.05, 0.1) is 63.0 Å². The average molecular weight is 559 g/mol. The van der Waals surface area contributed by atoms with E-state index in [4.69, 9.17) is 29.2 Å². The van der Waals surface area contributed by atoms with Crippen LogP contribution in [0.1, 0.15) is 25.1 Å². The van der Waals surface area contributed by atoms with E-state index < -0.39 is 0 Å². The molecule has 216 valence electrons. The van der Waals surface area contributed by atoms with E-state index in [1.807, 2.05) is 12.3 Å². The molecule has 0 unspecified atom stereocenters. The number of H-pyrrole nitrogens is 1. The summed E-state index contributed by atoms with van der Waals surface area (Å²) in [5.41, 5.74) is 4.75. The number of benzene rings is 1. The predicted molar refractivity (Wildman–Crippen MR) is 159 cm³/mol. The molecule has 11 nitrogen and oxygen atoms in total. The molecule has 5 heterocycles. The van der Waals surface area contributed by atoms with Gasteiger partial charge in [-0.15, -0.1) is 0 Å². The standard InChI is InChI=1S/C30H38N8O3/c1-20-17-40-12-10-37(20)29-25-5-6-26(34-28(25)35-30(36-29)38-11-13-41-18-21(38)2)22-4-7-27(39-3)23(14-22)15-31-9-8-24-16-32-19-33-24/h4-7,14,16,19-21,31H,8-13,15,17-18H2,1-3H3,(H,32,33)/t20-,21-/m0/s1. The Balaban J connectivity index is 1.33. The van der Waals surface area contributed by atoms with Crippen LogP contribution in [0.3, 0.4) is 0 Å². The van der Waals surface area contributed by atoms with Crippen LogP contribution < -0.4 is 19.9 Å². The molecule has 2 saturated heterocycles. The van der Waals surface area contributed by atoms with E-state index in [-0.39, 0.29) is 12.1 Å². The molecule has 2 aliphatic rings. The maximum Gasteiger partial charge on any atom is 0.229 e. The molecule has 0 aliphatic carbocycles. The number of aromatic nitrogens is 5. The molecule has 11 heteroatoms. The van der Waals surface area contributed by atoms with Crippen LogP contribution in [0.5, 0.6) is 5.75 Å². The van der Waals surface area contributed by atoms with Gasteiger partial charge in [-0.25, -0.2) is 9.97 Å². The first-order chi connectivity index (χ1) is 20.1. The number of ether oxygens (including phenoxy) is 3. The summed E-state index contributed by atoms with van der Waals surface area (Å²) in [7, 11) is 1.70. The van der Waals surface area contributed by atoms with E-state index in [0.29, 0.717) is 44.6 Å². The summed E-state index contributed by atoms with van der Waals surface area (Å²) in [6.45, 7) is 10.0. The van der Waals surface area contributed by atoms with Crippen molar-refractivity contribution in [3.63, 3.8) is 0 Å². The van der Waals surface area contributed by atoms with Gasteiger partial charge in [0, 0.05) is 55.6 Å². The summed E-state index contributed by atoms with van der Waals surface area (Å²) in [4.78, 5) is 27.0. The van der Waals surface area contributed by atoms with Gasteiger partial charge in [0.2, 0.25) is 5.95 Å². The zero-order valence-corrected chi connectivity index (χ0v) is 24.0. The van der Waals surface area contributed by atoms with Gasteiger partial charge in [-0.2, -0.15) is 9.97 Å². The second-order valence-corrected chi connectivity index (χ2v) is 10.7. The fourth-order valence-electron chi connectivity index (χ4n) is 5.50. The minimum Gasteiger partial charge on any atom is -0.496 e. The zero-order valence-electron chi connectivity index (χ0n) is 24.0. The van der Waals surface area contributed by atoms with Crippen molar-refractivity contribution in [2.75, 3.05) is 63.0 Å². The topological polar surface area (TPSA) is 114 Å². The highest BCUT2D eigenvalue weighted by molar-refractivity contribution is 5.90. The summed E-state index contributed by atoms with van der Waals surface area (Å²) >= 11 is 0. The lowest BCUT2D eigenvalue weighted by Crippen LogP contribution is -2.46. The monoisotopic (exact) mass is 558 g/mol. The third kappa shape index (κ3) is 5.97. The highest BCUT2D eigenvalue weighted by Gasteiger charge is 2.27. The van der Waals surface area contributed by atoms with Crippen LogP contribution in [0.25, 0.3) is 22.3 Å². The van der Waals surface area contributed by atoms with Crippen LogP contribution in [0, 0.1) is 0 Å². The van der Waals surface area contributed by atoms with Crippen molar-refractivity contribution < 1.29 is 14.2 Å². The van der Waals surface area contributed by atoms with Crippen LogP contribution in [-0.4, -0.2) is 90.2 Å². The lowest BCUT2D eigenvalue weighted by atomic mass is 10.1. The number of aromatic amines is 1. The Hall–Kier alpha value is -3.80. The summed E-state index contributed by atoms with van der Waals surface area (Å²) in [5.74, 6) is 2.46. The summed E-state index contributed by atoms with van der Waals surface area (Å²) in [6.07, 6.45) is 4.44. The molecular formula is C30H38N8O3. The number of anilines is 2. The van der Waals surface area contributed by atoms with Crippen molar-refractivity contribution in [1.29, 1.82) is 0 Å². The van der Waals surface area contributed by atoms with Crippen molar-refractivity contribution in [2.24, 2.45) is 0 Å². The number of imidazole rings is 1. The summed E-state index contributed by atoms with van der Waals surface area (Å²) < 4.78 is 17.1. The molecule has 2 aliphatic heterocycles. The predicted octanol–water partition coefficient (Wildman–Crippen LogP) is 3.21. The lowest BCUT2D eigenvalue weighted by Gasteiger charge is -2.37. The number of methoxy groups -OCH3 is 1. The van der Waals surface area contributed by atoms with E-state index >= 15 is 0 Å². The number of pyridine rings is 1. The van der Waals surface area contributed by atoms with E-state index in [9.17, 15) is 0 Å². The number of rotatable bonds is 9. The molecule has 0 spiro atoms. The van der Waals surface area contributed by atoms with Gasteiger partial charge < -0.3 is 34.3 Å². The largest absolute Gasteiger partial charge is 0.496 e. The smallest absolute Gasteiger partial charge is 0.229 e. The quantitative estimate of drug-likeness (QED) is 0.297. The average Bonchev–Trinajstić information content (AvgIpc) is 3.53. The van der Waals surface area contributed by atoms with Gasteiger partial charge in [-0.3, -0.25) is 0 Å². The SMILES string of the molecule is COc1ccc(-c2ccc3c(N4CCOC[C@@H]4C)nc(N4CCOC[C@@H]4C)nc3n2)cc1CNCCc1cnc[nH]1. The van der Waals surface area contributed by atoms with E-state index in [1.54, 1.807) is 13.4 Å². The molecule has 2 fully saturated rings. The molecular weight excluding hydrogens is 520 g/mol. The van der Waals surface area contributed by atoms with Gasteiger partial charge >= 0.3 is 0 Å². The lowest BCUT2D eigenvalue weighted by molar-refractivity contribution is 0.0973. The van der Waals surface area contributed by atoms with Crippen molar-refractivity contribution in [1.82, 2.24) is 30.2 Å². The molecule has 0 radical (unpaired) electrons. The molecule has 6 rings (SSSR count). The second-order valence-electron chi connectivity index (χ2n) is 10.7. The summed E-state index contributed by atoms with van der Waals surface area (Å²) in [6, 6.07) is 10.8. The number of morpholine rings is 2. The van der Waals surface area contributed by atoms with E-state index in [0.717, 1.165) is 65.5 Å². The fourth-order valence-corrected chi connectivity index (χ4v) is 5.50. The highest BCUT2D eigenvalue weighted by Crippen LogP contribution is 2.32. The maximum absolute atomic E-state index is 5.72. The minimum absolute atomic E-state index is 0.184. The van der Waals surface area contributed by atoms with Crippen molar-refractivity contribution >= 4 is 22.8 Å². The van der Waals surface area contributed by atoms with Gasteiger partial charge in [0.1, 0.15) is 11.6 Å². The van der Waals surface area contributed by atoms with Crippen molar-refractivity contribution in [2.45, 2.75) is 38.9 Å². The minimum atomic E-state index is 0.184. The maximum atomic E-state index is 5.72. The Morgan fingerprint density at radius 1 is 1.00 bits per heavy atom. The first-order valence-corrected chi connectivity index (χ1v) is 14.3. The number of nitrogens with zero attached hydrogens (tertiary/aromatic N) is 6. The number of fused-ring (bicyclic) bond motifs is 1. The molecule has 2 atom stereocenters. The van der Waals surface area contributed by atoms with E-state index in [1.165, 1.54) is 0 Å². The summed E-state index contributed by atoms with van der Waals surface area (Å²) in [5, 5.41) is 4.46. The van der Waals surface area contributed by atoms with Crippen LogP contribution in [0.4, 0.5) is 11.8 Å². The number of hydrogen-bond acceptors (Lipinski definition) is 10. The van der Waals surface area contributed by atoms with E-state index in [2.05, 4.69) is 63.2 Å². The zero-order chi connectivity index (χ0) is 28.2. The number of nitrogens with one attached hydrogen (secondary N) is 2. The molecule has 41 heavy (non-hydrogen) atoms. The second kappa shape index (κ2) is 12.4. The molecule has 0 amide bonds. The van der Waals surface area contributed by atoms with Crippen LogP contribution in [0.15, 0.2) is 42.9 Å². The fraction of sp³-hybridized carbons (Fsp3) is 0.467. The Bertz CT molecular complexity index is 1460. The van der Waals surface area contributed by atoms with Gasteiger partial charge in [0.15, 0.2) is 5.65 Å². The molecule has 0 saturated carbocycles. The van der Waals surface area contributed by atoms with Gasteiger partial charge in [-0.1, -0.05) is 0 Å². The number of hydrogen-bond donors (Lipinski definition) is 2. The molecule has 0 bridgehead atoms. The van der Waals surface area contributed by atoms with Crippen molar-refractivity contribution in [3.05, 3.63) is 54.1 Å². The molecule has 2 N–H and O–H groups in total. The Morgan fingerprint density at radius 2 is 1.80 bits per heavy atom. The van der Waals surface area contributed by atoms with Crippen LogP contribution in [0.2, 0.25) is 0 Å². The van der Waals surface area contributed by atoms with Gasteiger partial charge in [0.25, 0.3) is 0 Å². The van der Waals surface area contributed by atoms with Crippen molar-refractivity contribution in [3.8, 4) is 17.0 Å². The molecule has 4 aromatic rings. The first-order valence-electron chi connectivity index (χ1n) is 14.3. The van der Waals surface area contributed by atoms with Crippen LogP contribution >= 0.6 is 0 Å². The Labute approximate surface area is 240 Å². The Kier molecular flexibility index (Phi) is 8.26.